The van der Waals surface area contributed by atoms with E-state index < -0.39 is 15.7 Å². The van der Waals surface area contributed by atoms with E-state index in [9.17, 15) is 14.9 Å². The molecule has 0 N–H and O–H groups in total. The van der Waals surface area contributed by atoms with Crippen molar-refractivity contribution in [1.29, 1.82) is 0 Å². The van der Waals surface area contributed by atoms with Crippen molar-refractivity contribution < 1.29 is 9.72 Å². The molecule has 0 fully saturated rings. The summed E-state index contributed by atoms with van der Waals surface area (Å²) in [6, 6.07) is 8.38. The molecule has 0 saturated carbocycles. The lowest BCUT2D eigenvalue weighted by molar-refractivity contribution is -0.380. The van der Waals surface area contributed by atoms with E-state index in [1.54, 1.807) is 30.3 Å². The van der Waals surface area contributed by atoms with Gasteiger partial charge in [-0.3, -0.25) is 19.8 Å². The summed E-state index contributed by atoms with van der Waals surface area (Å²) in [5.41, 5.74) is 0.425. The molecule has 2 aromatic rings. The van der Waals surface area contributed by atoms with Crippen molar-refractivity contribution in [3.8, 4) is 0 Å². The maximum atomic E-state index is 12.2. The van der Waals surface area contributed by atoms with Crippen LogP contribution in [0.2, 0.25) is 5.15 Å². The first-order chi connectivity index (χ1) is 9.91. The molecule has 0 bridgehead atoms. The zero-order chi connectivity index (χ0) is 15.6. The zero-order valence-corrected chi connectivity index (χ0v) is 13.2. The summed E-state index contributed by atoms with van der Waals surface area (Å²) in [5.74, 6) is -0.676. The van der Waals surface area contributed by atoms with Gasteiger partial charge in [0.2, 0.25) is 10.3 Å². The van der Waals surface area contributed by atoms with Crippen molar-refractivity contribution in [2.45, 2.75) is 4.84 Å². The van der Waals surface area contributed by atoms with Gasteiger partial charge >= 0.3 is 5.00 Å². The molecule has 0 aliphatic carbocycles. The molecule has 110 valence electrons. The first-order valence-electron chi connectivity index (χ1n) is 5.39. The van der Waals surface area contributed by atoms with Gasteiger partial charge in [0.05, 0.1) is 10.6 Å². The number of amides is 1. The molecule has 0 saturated heterocycles. The topological polar surface area (TPSA) is 76.3 Å². The third-order valence-electron chi connectivity index (χ3n) is 2.34. The van der Waals surface area contributed by atoms with Crippen LogP contribution in [0.25, 0.3) is 0 Å². The van der Waals surface area contributed by atoms with Gasteiger partial charge in [0.25, 0.3) is 5.91 Å². The molecule has 0 aliphatic heterocycles. The molecule has 1 heterocycles. The number of aromatic nitrogens is 1. The molecular weight excluding hydrogens is 361 g/mol. The summed E-state index contributed by atoms with van der Waals surface area (Å²) in [7, 11) is 0. The van der Waals surface area contributed by atoms with Crippen LogP contribution in [0.3, 0.4) is 0 Å². The predicted octanol–water partition coefficient (Wildman–Crippen LogP) is 4.17. The quantitative estimate of drug-likeness (QED) is 0.462. The van der Waals surface area contributed by atoms with Crippen molar-refractivity contribution in [2.24, 2.45) is 0 Å². The van der Waals surface area contributed by atoms with Crippen LogP contribution in [0, 0.1) is 10.1 Å². The van der Waals surface area contributed by atoms with E-state index in [1.165, 1.54) is 0 Å². The Morgan fingerprint density at radius 3 is 2.43 bits per heavy atom. The summed E-state index contributed by atoms with van der Waals surface area (Å²) in [6.45, 7) is 0. The average Bonchev–Trinajstić information content (AvgIpc) is 2.82. The number of benzene rings is 1. The number of thiazole rings is 1. The number of carbonyl (C=O) groups is 1. The third kappa shape index (κ3) is 3.44. The van der Waals surface area contributed by atoms with Gasteiger partial charge in [-0.2, -0.15) is 0 Å². The van der Waals surface area contributed by atoms with Crippen molar-refractivity contribution in [1.82, 2.24) is 4.98 Å². The number of nitrogens with zero attached hydrogens (tertiary/aromatic N) is 3. The normalized spacial score (nSPS) is 10.7. The first kappa shape index (κ1) is 16.0. The van der Waals surface area contributed by atoms with Gasteiger partial charge < -0.3 is 0 Å². The van der Waals surface area contributed by atoms with Crippen molar-refractivity contribution in [3.05, 3.63) is 45.6 Å². The van der Waals surface area contributed by atoms with Crippen LogP contribution in [0.5, 0.6) is 0 Å². The molecule has 6 nitrogen and oxygen atoms in total. The van der Waals surface area contributed by atoms with Gasteiger partial charge in [0.15, 0.2) is 4.84 Å². The highest BCUT2D eigenvalue weighted by atomic mass is 35.5. The molecule has 1 aromatic heterocycles. The van der Waals surface area contributed by atoms with Gasteiger partial charge in [-0.1, -0.05) is 53.0 Å². The van der Waals surface area contributed by atoms with E-state index >= 15 is 0 Å². The molecule has 0 unspecified atom stereocenters. The number of halogens is 3. The summed E-state index contributed by atoms with van der Waals surface area (Å²) in [6.07, 6.45) is 0. The molecular formula is C11H6Cl3N3O3S. The highest BCUT2D eigenvalue weighted by Crippen LogP contribution is 2.39. The second-order valence-corrected chi connectivity index (χ2v) is 6.07. The Labute approximate surface area is 138 Å². The predicted molar refractivity (Wildman–Crippen MR) is 82.9 cm³/mol. The maximum Gasteiger partial charge on any atom is 0.364 e. The minimum Gasteiger partial charge on any atom is -0.271 e. The lowest BCUT2D eigenvalue weighted by atomic mass is 10.3. The fourth-order valence-electron chi connectivity index (χ4n) is 1.50. The molecule has 0 atom stereocenters. The van der Waals surface area contributed by atoms with Crippen LogP contribution < -0.4 is 4.90 Å². The Bertz CT molecular complexity index is 678. The second kappa shape index (κ2) is 6.57. The van der Waals surface area contributed by atoms with E-state index in [-0.39, 0.29) is 15.3 Å². The molecule has 1 aromatic carbocycles. The number of hydrogen-bond acceptors (Lipinski definition) is 5. The molecule has 0 radical (unpaired) electrons. The lowest BCUT2D eigenvalue weighted by Gasteiger charge is -2.19. The Hall–Kier alpha value is -1.41. The Morgan fingerprint density at radius 1 is 1.33 bits per heavy atom. The minimum absolute atomic E-state index is 0.0224. The van der Waals surface area contributed by atoms with Crippen LogP contribution in [0.4, 0.5) is 15.8 Å². The Morgan fingerprint density at radius 2 is 1.95 bits per heavy atom. The molecule has 0 aliphatic rings. The summed E-state index contributed by atoms with van der Waals surface area (Å²) in [5, 5.41) is 10.2. The number of nitro groups is 1. The zero-order valence-electron chi connectivity index (χ0n) is 10.1. The standard InChI is InChI=1S/C11H6Cl3N3O3S/c12-7(13)9(18)16(6-4-2-1-3-5-6)11-15-8(14)10(21-11)17(19)20/h1-5,7H. The molecule has 1 amide bonds. The number of carbonyl (C=O) groups excluding carboxylic acids is 1. The first-order valence-corrected chi connectivity index (χ1v) is 7.46. The highest BCUT2D eigenvalue weighted by Gasteiger charge is 2.30. The Balaban J connectivity index is 2.53. The monoisotopic (exact) mass is 365 g/mol. The molecule has 0 spiro atoms. The average molecular weight is 367 g/mol. The fourth-order valence-corrected chi connectivity index (χ4v) is 2.81. The highest BCUT2D eigenvalue weighted by molar-refractivity contribution is 7.19. The Kier molecular flexibility index (Phi) is 5.00. The number of anilines is 2. The SMILES string of the molecule is O=C(C(Cl)Cl)N(c1ccccc1)c1nc(Cl)c([N+](=O)[O-])s1. The largest absolute Gasteiger partial charge is 0.364 e. The van der Waals surface area contributed by atoms with Crippen LogP contribution >= 0.6 is 46.1 Å². The van der Waals surface area contributed by atoms with Crippen LogP contribution in [0.15, 0.2) is 30.3 Å². The van der Waals surface area contributed by atoms with Crippen molar-refractivity contribution >= 4 is 67.9 Å². The minimum atomic E-state index is -1.34. The van der Waals surface area contributed by atoms with Crippen LogP contribution in [-0.4, -0.2) is 20.7 Å². The number of hydrogen-bond donors (Lipinski definition) is 0. The van der Waals surface area contributed by atoms with Gasteiger partial charge in [0.1, 0.15) is 0 Å². The van der Waals surface area contributed by atoms with E-state index in [1.807, 2.05) is 0 Å². The second-order valence-electron chi connectivity index (χ2n) is 3.66. The smallest absolute Gasteiger partial charge is 0.271 e. The van der Waals surface area contributed by atoms with Gasteiger partial charge in [-0.25, -0.2) is 4.98 Å². The van der Waals surface area contributed by atoms with Gasteiger partial charge in [0, 0.05) is 0 Å². The summed E-state index contributed by atoms with van der Waals surface area (Å²) >= 11 is 17.6. The van der Waals surface area contributed by atoms with Gasteiger partial charge in [-0.05, 0) is 23.5 Å². The van der Waals surface area contributed by atoms with Crippen LogP contribution in [0.1, 0.15) is 0 Å². The summed E-state index contributed by atoms with van der Waals surface area (Å²) < 4.78 is 0. The van der Waals surface area contributed by atoms with E-state index in [4.69, 9.17) is 34.8 Å². The van der Waals surface area contributed by atoms with E-state index in [0.717, 1.165) is 4.90 Å². The van der Waals surface area contributed by atoms with Gasteiger partial charge in [-0.15, -0.1) is 0 Å². The number of para-hydroxylation sites is 1. The lowest BCUT2D eigenvalue weighted by Crippen LogP contribution is -2.30. The molecule has 10 heteroatoms. The molecule has 21 heavy (non-hydrogen) atoms. The van der Waals surface area contributed by atoms with Crippen molar-refractivity contribution in [3.63, 3.8) is 0 Å². The fraction of sp³-hybridized carbons (Fsp3) is 0.0909. The van der Waals surface area contributed by atoms with Crippen molar-refractivity contribution in [2.75, 3.05) is 4.90 Å². The van der Waals surface area contributed by atoms with E-state index in [2.05, 4.69) is 4.98 Å². The van der Waals surface area contributed by atoms with E-state index in [0.29, 0.717) is 17.0 Å². The molecule has 2 rings (SSSR count). The third-order valence-corrected chi connectivity index (χ3v) is 4.08. The number of rotatable bonds is 4. The van der Waals surface area contributed by atoms with Crippen LogP contribution in [-0.2, 0) is 4.79 Å². The summed E-state index contributed by atoms with van der Waals surface area (Å²) in [4.78, 5) is 25.9. The maximum absolute atomic E-state index is 12.2. The number of alkyl halides is 2.